The van der Waals surface area contributed by atoms with Crippen molar-refractivity contribution in [3.8, 4) is 11.5 Å². The van der Waals surface area contributed by atoms with Crippen molar-refractivity contribution in [1.82, 2.24) is 4.90 Å². The van der Waals surface area contributed by atoms with E-state index in [2.05, 4.69) is 19.2 Å². The third-order valence-electron chi connectivity index (χ3n) is 5.60. The van der Waals surface area contributed by atoms with Crippen molar-refractivity contribution in [2.45, 2.75) is 20.8 Å². The van der Waals surface area contributed by atoms with Crippen molar-refractivity contribution >= 4 is 46.2 Å². The van der Waals surface area contributed by atoms with Crippen LogP contribution in [0.4, 0.5) is 11.4 Å². The number of aliphatic imine (C=N–C) groups is 1. The van der Waals surface area contributed by atoms with Gasteiger partial charge in [0.2, 0.25) is 0 Å². The highest BCUT2D eigenvalue weighted by Gasteiger charge is 2.33. The van der Waals surface area contributed by atoms with Crippen LogP contribution in [0.15, 0.2) is 82.7 Å². The summed E-state index contributed by atoms with van der Waals surface area (Å²) in [5.74, 6) is 0.841. The van der Waals surface area contributed by atoms with E-state index < -0.39 is 0 Å². The van der Waals surface area contributed by atoms with Gasteiger partial charge in [0.15, 0.2) is 23.3 Å². The monoisotopic (exact) mass is 529 g/mol. The van der Waals surface area contributed by atoms with Gasteiger partial charge in [0, 0.05) is 12.2 Å². The normalized spacial score (nSPS) is 15.4. The van der Waals surface area contributed by atoms with E-state index in [-0.39, 0.29) is 24.3 Å². The van der Waals surface area contributed by atoms with Crippen LogP contribution in [0, 0.1) is 12.8 Å². The molecule has 0 spiro atoms. The molecule has 3 aromatic rings. The Morgan fingerprint density at radius 1 is 1.05 bits per heavy atom. The number of thioether (sulfide) groups is 1. The second-order valence-electron chi connectivity index (χ2n) is 9.26. The Labute approximate surface area is 227 Å². The predicted molar refractivity (Wildman–Crippen MR) is 154 cm³/mol. The average Bonchev–Trinajstić information content (AvgIpc) is 3.18. The van der Waals surface area contributed by atoms with Crippen LogP contribution < -0.4 is 14.8 Å². The Kier molecular flexibility index (Phi) is 8.86. The lowest BCUT2D eigenvalue weighted by Crippen LogP contribution is -2.32. The zero-order chi connectivity index (χ0) is 27.1. The minimum atomic E-state index is -0.275. The van der Waals surface area contributed by atoms with Gasteiger partial charge in [-0.2, -0.15) is 0 Å². The van der Waals surface area contributed by atoms with Gasteiger partial charge < -0.3 is 14.8 Å². The van der Waals surface area contributed by atoms with Gasteiger partial charge in [-0.15, -0.1) is 0 Å². The molecule has 3 aromatic carbocycles. The summed E-state index contributed by atoms with van der Waals surface area (Å²) in [5, 5.41) is 3.45. The topological polar surface area (TPSA) is 80.2 Å². The van der Waals surface area contributed by atoms with E-state index in [4.69, 9.17) is 14.5 Å². The number of aryl methyl sites for hydroxylation is 1. The molecule has 1 heterocycles. The molecule has 0 radical (unpaired) electrons. The first-order valence-corrected chi connectivity index (χ1v) is 13.2. The molecule has 8 heteroatoms. The molecule has 0 aliphatic carbocycles. The SMILES string of the molecule is COc1cc(/C=C2/SC(=Nc3ccc(C)cc3)N(CC(C)C)C2=O)ccc1OCC(=O)Nc1ccccc1. The lowest BCUT2D eigenvalue weighted by atomic mass is 10.1. The van der Waals surface area contributed by atoms with E-state index in [1.807, 2.05) is 73.7 Å². The smallest absolute Gasteiger partial charge is 0.266 e. The van der Waals surface area contributed by atoms with Crippen molar-refractivity contribution < 1.29 is 19.1 Å². The highest BCUT2D eigenvalue weighted by molar-refractivity contribution is 8.18. The molecule has 1 aliphatic heterocycles. The lowest BCUT2D eigenvalue weighted by molar-refractivity contribution is -0.122. The number of nitrogens with zero attached hydrogens (tertiary/aromatic N) is 2. The Hall–Kier alpha value is -4.04. The molecular weight excluding hydrogens is 498 g/mol. The predicted octanol–water partition coefficient (Wildman–Crippen LogP) is 6.28. The summed E-state index contributed by atoms with van der Waals surface area (Å²) in [6.07, 6.45) is 1.83. The molecule has 38 heavy (non-hydrogen) atoms. The molecule has 0 aromatic heterocycles. The summed E-state index contributed by atoms with van der Waals surface area (Å²) in [7, 11) is 1.54. The highest BCUT2D eigenvalue weighted by atomic mass is 32.2. The summed E-state index contributed by atoms with van der Waals surface area (Å²) >= 11 is 1.36. The first-order chi connectivity index (χ1) is 18.3. The second-order valence-corrected chi connectivity index (χ2v) is 10.3. The standard InChI is InChI=1S/C30H31N3O4S/c1-20(2)18-33-29(35)27(38-30(33)32-24-13-10-21(3)11-14-24)17-22-12-15-25(26(16-22)36-4)37-19-28(34)31-23-8-6-5-7-9-23/h5-17,20H,18-19H2,1-4H3,(H,31,34)/b27-17+,32-30?. The van der Waals surface area contributed by atoms with Gasteiger partial charge in [0.1, 0.15) is 0 Å². The third-order valence-corrected chi connectivity index (χ3v) is 6.60. The van der Waals surface area contributed by atoms with Gasteiger partial charge in [0.05, 0.1) is 17.7 Å². The van der Waals surface area contributed by atoms with Gasteiger partial charge in [-0.25, -0.2) is 4.99 Å². The molecule has 2 amide bonds. The average molecular weight is 530 g/mol. The maximum Gasteiger partial charge on any atom is 0.266 e. The van der Waals surface area contributed by atoms with Gasteiger partial charge in [-0.3, -0.25) is 14.5 Å². The molecule has 7 nitrogen and oxygen atoms in total. The molecule has 0 atom stereocenters. The largest absolute Gasteiger partial charge is 0.493 e. The second kappa shape index (κ2) is 12.5. The van der Waals surface area contributed by atoms with E-state index in [0.717, 1.165) is 16.8 Å². The number of hydrogen-bond acceptors (Lipinski definition) is 6. The van der Waals surface area contributed by atoms with Crippen molar-refractivity contribution in [1.29, 1.82) is 0 Å². The number of para-hydroxylation sites is 1. The van der Waals surface area contributed by atoms with Gasteiger partial charge in [-0.1, -0.05) is 55.8 Å². The molecular formula is C30H31N3O4S. The molecule has 1 fully saturated rings. The summed E-state index contributed by atoms with van der Waals surface area (Å²) in [4.78, 5) is 32.6. The minimum absolute atomic E-state index is 0.0774. The van der Waals surface area contributed by atoms with Crippen LogP contribution in [-0.2, 0) is 9.59 Å². The van der Waals surface area contributed by atoms with Crippen molar-refractivity contribution in [2.24, 2.45) is 10.9 Å². The maximum absolute atomic E-state index is 13.3. The van der Waals surface area contributed by atoms with Crippen molar-refractivity contribution in [2.75, 3.05) is 25.6 Å². The van der Waals surface area contributed by atoms with Crippen LogP contribution in [-0.4, -0.2) is 42.1 Å². The first-order valence-electron chi connectivity index (χ1n) is 12.3. The quantitative estimate of drug-likeness (QED) is 0.330. The van der Waals surface area contributed by atoms with Gasteiger partial charge in [-0.05, 0) is 72.6 Å². The Balaban J connectivity index is 1.50. The van der Waals surface area contributed by atoms with E-state index >= 15 is 0 Å². The number of carbonyl (C=O) groups is 2. The third kappa shape index (κ3) is 7.04. The lowest BCUT2D eigenvalue weighted by Gasteiger charge is -2.17. The number of amidine groups is 1. The van der Waals surface area contributed by atoms with E-state index in [0.29, 0.717) is 33.8 Å². The van der Waals surface area contributed by atoms with Crippen LogP contribution in [0.25, 0.3) is 6.08 Å². The number of rotatable bonds is 9. The number of amides is 2. The van der Waals surface area contributed by atoms with Gasteiger partial charge >= 0.3 is 0 Å². The van der Waals surface area contributed by atoms with Gasteiger partial charge in [0.25, 0.3) is 11.8 Å². The number of nitrogens with one attached hydrogen (secondary N) is 1. The number of hydrogen-bond donors (Lipinski definition) is 1. The number of ether oxygens (including phenoxy) is 2. The molecule has 0 saturated carbocycles. The fraction of sp³-hybridized carbons (Fsp3) is 0.233. The molecule has 0 unspecified atom stereocenters. The molecule has 1 aliphatic rings. The van der Waals surface area contributed by atoms with E-state index in [1.165, 1.54) is 18.9 Å². The van der Waals surface area contributed by atoms with E-state index in [1.54, 1.807) is 17.0 Å². The fourth-order valence-electron chi connectivity index (χ4n) is 3.75. The summed E-state index contributed by atoms with van der Waals surface area (Å²) in [5.41, 5.74) is 3.44. The van der Waals surface area contributed by atoms with Crippen LogP contribution in [0.5, 0.6) is 11.5 Å². The Morgan fingerprint density at radius 2 is 1.79 bits per heavy atom. The van der Waals surface area contributed by atoms with Crippen molar-refractivity contribution in [3.63, 3.8) is 0 Å². The summed E-state index contributed by atoms with van der Waals surface area (Å²) in [6.45, 7) is 6.60. The number of benzene rings is 3. The van der Waals surface area contributed by atoms with Crippen LogP contribution in [0.2, 0.25) is 0 Å². The maximum atomic E-state index is 13.3. The first kappa shape index (κ1) is 27.0. The number of methoxy groups -OCH3 is 1. The fourth-order valence-corrected chi connectivity index (χ4v) is 4.76. The number of carbonyl (C=O) groups excluding carboxylic acids is 2. The molecule has 4 rings (SSSR count). The minimum Gasteiger partial charge on any atom is -0.493 e. The van der Waals surface area contributed by atoms with Crippen LogP contribution in [0.1, 0.15) is 25.0 Å². The van der Waals surface area contributed by atoms with Crippen LogP contribution >= 0.6 is 11.8 Å². The Bertz CT molecular complexity index is 1350. The molecule has 196 valence electrons. The van der Waals surface area contributed by atoms with E-state index in [9.17, 15) is 9.59 Å². The zero-order valence-electron chi connectivity index (χ0n) is 21.9. The zero-order valence-corrected chi connectivity index (χ0v) is 22.7. The summed E-state index contributed by atoms with van der Waals surface area (Å²) in [6, 6.07) is 22.4. The summed E-state index contributed by atoms with van der Waals surface area (Å²) < 4.78 is 11.2. The Morgan fingerprint density at radius 3 is 2.47 bits per heavy atom. The highest BCUT2D eigenvalue weighted by Crippen LogP contribution is 2.36. The number of anilines is 1. The van der Waals surface area contributed by atoms with Crippen LogP contribution in [0.3, 0.4) is 0 Å². The molecule has 0 bridgehead atoms. The van der Waals surface area contributed by atoms with Crippen molar-refractivity contribution in [3.05, 3.63) is 88.8 Å². The molecule has 1 saturated heterocycles. The molecule has 1 N–H and O–H groups in total.